The highest BCUT2D eigenvalue weighted by molar-refractivity contribution is 5.49. The minimum Gasteiger partial charge on any atom is -0.360 e. The molecule has 0 saturated carbocycles. The molecule has 0 atom stereocenters. The second-order valence-corrected chi connectivity index (χ2v) is 4.14. The van der Waals surface area contributed by atoms with Gasteiger partial charge in [0, 0.05) is 19.7 Å². The number of nitrogens with zero attached hydrogens (tertiary/aromatic N) is 4. The summed E-state index contributed by atoms with van der Waals surface area (Å²) in [5.74, 6) is 1.51. The van der Waals surface area contributed by atoms with Gasteiger partial charge in [0.15, 0.2) is 0 Å². The van der Waals surface area contributed by atoms with Crippen molar-refractivity contribution in [1.82, 2.24) is 9.97 Å². The zero-order valence-corrected chi connectivity index (χ0v) is 10.2. The fourth-order valence-corrected chi connectivity index (χ4v) is 1.13. The molecular weight excluding hydrogens is 202 g/mol. The van der Waals surface area contributed by atoms with Gasteiger partial charge >= 0.3 is 0 Å². The molecule has 16 heavy (non-hydrogen) atoms. The molecule has 0 bridgehead atoms. The summed E-state index contributed by atoms with van der Waals surface area (Å²) in [5, 5.41) is 12.0. The van der Waals surface area contributed by atoms with E-state index in [1.165, 1.54) is 6.33 Å². The van der Waals surface area contributed by atoms with Crippen LogP contribution in [0.3, 0.4) is 0 Å². The van der Waals surface area contributed by atoms with E-state index in [9.17, 15) is 0 Å². The lowest BCUT2D eigenvalue weighted by molar-refractivity contribution is 0.722. The molecule has 0 radical (unpaired) electrons. The van der Waals surface area contributed by atoms with Gasteiger partial charge in [0.05, 0.1) is 6.07 Å². The van der Waals surface area contributed by atoms with Crippen LogP contribution in [-0.2, 0) is 0 Å². The zero-order chi connectivity index (χ0) is 12.2. The Labute approximate surface area is 96.1 Å². The van der Waals surface area contributed by atoms with Gasteiger partial charge in [0.2, 0.25) is 0 Å². The van der Waals surface area contributed by atoms with E-state index >= 15 is 0 Å². The van der Waals surface area contributed by atoms with E-state index in [1.807, 2.05) is 18.0 Å². The summed E-state index contributed by atoms with van der Waals surface area (Å²) in [6, 6.07) is 4.00. The lowest BCUT2D eigenvalue weighted by atomic mass is 10.1. The molecule has 0 unspecified atom stereocenters. The summed E-state index contributed by atoms with van der Waals surface area (Å²) < 4.78 is 0. The first kappa shape index (κ1) is 12.2. The van der Waals surface area contributed by atoms with E-state index in [1.54, 1.807) is 13.8 Å². The number of nitrogens with one attached hydrogen (secondary N) is 1. The van der Waals surface area contributed by atoms with Crippen LogP contribution in [0.15, 0.2) is 12.4 Å². The predicted molar refractivity (Wildman–Crippen MR) is 64.3 cm³/mol. The van der Waals surface area contributed by atoms with E-state index in [4.69, 9.17) is 5.26 Å². The van der Waals surface area contributed by atoms with Crippen LogP contribution < -0.4 is 10.2 Å². The van der Waals surface area contributed by atoms with Crippen LogP contribution in [0.4, 0.5) is 11.6 Å². The first-order valence-corrected chi connectivity index (χ1v) is 5.21. The van der Waals surface area contributed by atoms with Crippen molar-refractivity contribution in [3.8, 4) is 6.07 Å². The zero-order valence-electron chi connectivity index (χ0n) is 10.2. The normalized spacial score (nSPS) is 10.7. The van der Waals surface area contributed by atoms with E-state index in [-0.39, 0.29) is 0 Å². The molecule has 0 spiro atoms. The fourth-order valence-electron chi connectivity index (χ4n) is 1.13. The topological polar surface area (TPSA) is 64.8 Å². The van der Waals surface area contributed by atoms with Gasteiger partial charge in [-0.15, -0.1) is 0 Å². The Hall–Kier alpha value is -1.83. The van der Waals surface area contributed by atoms with Gasteiger partial charge in [-0.1, -0.05) is 0 Å². The van der Waals surface area contributed by atoms with Crippen LogP contribution >= 0.6 is 0 Å². The highest BCUT2D eigenvalue weighted by atomic mass is 15.2. The summed E-state index contributed by atoms with van der Waals surface area (Å²) in [6.07, 6.45) is 1.50. The lowest BCUT2D eigenvalue weighted by Gasteiger charge is -2.20. The third-order valence-corrected chi connectivity index (χ3v) is 2.24. The van der Waals surface area contributed by atoms with E-state index < -0.39 is 5.54 Å². The average molecular weight is 219 g/mol. The van der Waals surface area contributed by atoms with Crippen LogP contribution in [0.1, 0.15) is 20.8 Å². The smallest absolute Gasteiger partial charge is 0.133 e. The average Bonchev–Trinajstić information content (AvgIpc) is 2.28. The molecule has 0 aromatic carbocycles. The first-order chi connectivity index (χ1) is 7.48. The molecule has 0 saturated heterocycles. The van der Waals surface area contributed by atoms with Gasteiger partial charge < -0.3 is 10.2 Å². The highest BCUT2D eigenvalue weighted by Crippen LogP contribution is 2.16. The third kappa shape index (κ3) is 3.09. The molecule has 1 rings (SSSR count). The lowest BCUT2D eigenvalue weighted by Crippen LogP contribution is -2.29. The molecule has 1 heterocycles. The molecule has 0 fully saturated rings. The van der Waals surface area contributed by atoms with Crippen molar-refractivity contribution in [3.05, 3.63) is 12.4 Å². The van der Waals surface area contributed by atoms with Crippen LogP contribution in [0, 0.1) is 11.3 Å². The summed E-state index contributed by atoms with van der Waals surface area (Å²) in [6.45, 7) is 6.53. The van der Waals surface area contributed by atoms with Gasteiger partial charge in [-0.3, -0.25) is 0 Å². The Morgan fingerprint density at radius 2 is 2.19 bits per heavy atom. The van der Waals surface area contributed by atoms with Gasteiger partial charge in [0.25, 0.3) is 0 Å². The Bertz CT molecular complexity index is 394. The monoisotopic (exact) mass is 219 g/mol. The third-order valence-electron chi connectivity index (χ3n) is 2.24. The molecule has 1 N–H and O–H groups in total. The standard InChI is InChI=1S/C11H17N5/c1-5-16(4)10-6-9(13-8-14-10)15-11(2,3)7-12/h6,8H,5H2,1-4H3,(H,13,14,15). The Kier molecular flexibility index (Phi) is 3.67. The maximum absolute atomic E-state index is 8.91. The van der Waals surface area contributed by atoms with Crippen LogP contribution in [-0.4, -0.2) is 29.1 Å². The van der Waals surface area contributed by atoms with Gasteiger partial charge in [-0.05, 0) is 20.8 Å². The number of nitriles is 1. The number of hydrogen-bond acceptors (Lipinski definition) is 5. The molecule has 0 aliphatic carbocycles. The second-order valence-electron chi connectivity index (χ2n) is 4.14. The van der Waals surface area contributed by atoms with Crippen molar-refractivity contribution in [1.29, 1.82) is 5.26 Å². The van der Waals surface area contributed by atoms with Crippen molar-refractivity contribution >= 4 is 11.6 Å². The summed E-state index contributed by atoms with van der Waals surface area (Å²) in [4.78, 5) is 10.3. The Morgan fingerprint density at radius 1 is 1.50 bits per heavy atom. The summed E-state index contributed by atoms with van der Waals surface area (Å²) >= 11 is 0. The second kappa shape index (κ2) is 4.79. The van der Waals surface area contributed by atoms with Crippen LogP contribution in [0.25, 0.3) is 0 Å². The van der Waals surface area contributed by atoms with Crippen molar-refractivity contribution < 1.29 is 0 Å². The predicted octanol–water partition coefficient (Wildman–Crippen LogP) is 1.65. The maximum Gasteiger partial charge on any atom is 0.133 e. The minimum atomic E-state index is -0.629. The molecule has 0 aliphatic rings. The van der Waals surface area contributed by atoms with Crippen molar-refractivity contribution in [3.63, 3.8) is 0 Å². The van der Waals surface area contributed by atoms with E-state index in [0.717, 1.165) is 12.4 Å². The molecule has 1 aromatic heterocycles. The van der Waals surface area contributed by atoms with Gasteiger partial charge in [-0.2, -0.15) is 5.26 Å². The summed E-state index contributed by atoms with van der Waals surface area (Å²) in [5.41, 5.74) is -0.629. The SMILES string of the molecule is CCN(C)c1cc(NC(C)(C)C#N)ncn1. The molecule has 1 aromatic rings. The van der Waals surface area contributed by atoms with E-state index in [0.29, 0.717) is 5.82 Å². The fraction of sp³-hybridized carbons (Fsp3) is 0.545. The molecular formula is C11H17N5. The maximum atomic E-state index is 8.91. The molecule has 0 aliphatic heterocycles. The molecule has 0 amide bonds. The minimum absolute atomic E-state index is 0.629. The van der Waals surface area contributed by atoms with Crippen molar-refractivity contribution in [2.75, 3.05) is 23.8 Å². The van der Waals surface area contributed by atoms with Gasteiger partial charge in [-0.25, -0.2) is 9.97 Å². The van der Waals surface area contributed by atoms with Crippen LogP contribution in [0.5, 0.6) is 0 Å². The molecule has 86 valence electrons. The van der Waals surface area contributed by atoms with Gasteiger partial charge in [0.1, 0.15) is 23.5 Å². The van der Waals surface area contributed by atoms with Crippen LogP contribution in [0.2, 0.25) is 0 Å². The number of anilines is 2. The highest BCUT2D eigenvalue weighted by Gasteiger charge is 2.16. The molecule has 5 nitrogen and oxygen atoms in total. The number of rotatable bonds is 4. The quantitative estimate of drug-likeness (QED) is 0.834. The largest absolute Gasteiger partial charge is 0.360 e. The Morgan fingerprint density at radius 3 is 2.75 bits per heavy atom. The Balaban J connectivity index is 2.88. The first-order valence-electron chi connectivity index (χ1n) is 5.21. The number of hydrogen-bond donors (Lipinski definition) is 1. The van der Waals surface area contributed by atoms with E-state index in [2.05, 4.69) is 28.3 Å². The molecule has 5 heteroatoms. The van der Waals surface area contributed by atoms with Crippen molar-refractivity contribution in [2.45, 2.75) is 26.3 Å². The number of aromatic nitrogens is 2. The summed E-state index contributed by atoms with van der Waals surface area (Å²) in [7, 11) is 1.96. The van der Waals surface area contributed by atoms with Crippen molar-refractivity contribution in [2.24, 2.45) is 0 Å².